The van der Waals surface area contributed by atoms with Crippen LogP contribution in [0.4, 0.5) is 0 Å². The molecule has 0 saturated heterocycles. The quantitative estimate of drug-likeness (QED) is 0.768. The van der Waals surface area contributed by atoms with Crippen molar-refractivity contribution >= 4 is 11.6 Å². The van der Waals surface area contributed by atoms with Gasteiger partial charge in [0.25, 0.3) is 0 Å². The first kappa shape index (κ1) is 11.1. The van der Waals surface area contributed by atoms with Crippen LogP contribution in [0.2, 0.25) is 5.28 Å². The number of aromatic nitrogens is 4. The van der Waals surface area contributed by atoms with Crippen molar-refractivity contribution in [2.45, 2.75) is 26.8 Å². The second-order valence-electron chi connectivity index (χ2n) is 3.58. The van der Waals surface area contributed by atoms with Crippen LogP contribution in [0.3, 0.4) is 0 Å². The Balaban J connectivity index is 2.26. The summed E-state index contributed by atoms with van der Waals surface area (Å²) >= 11 is 5.81. The fraction of sp³-hybridized carbons (Fsp3) is 0.364. The van der Waals surface area contributed by atoms with Gasteiger partial charge >= 0.3 is 0 Å². The number of imidazole rings is 1. The summed E-state index contributed by atoms with van der Waals surface area (Å²) in [6, 6.07) is 1.93. The average Bonchev–Trinajstić information content (AvgIpc) is 2.63. The van der Waals surface area contributed by atoms with Gasteiger partial charge in [0.1, 0.15) is 5.82 Å². The summed E-state index contributed by atoms with van der Waals surface area (Å²) in [5, 5.41) is 0.296. The molecular formula is C11H13ClN4. The van der Waals surface area contributed by atoms with Crippen molar-refractivity contribution in [1.29, 1.82) is 0 Å². The molecule has 0 aliphatic rings. The molecule has 2 aromatic heterocycles. The molecule has 0 N–H and O–H groups in total. The molecular weight excluding hydrogens is 224 g/mol. The van der Waals surface area contributed by atoms with Crippen molar-refractivity contribution in [3.05, 3.63) is 41.0 Å². The summed E-state index contributed by atoms with van der Waals surface area (Å²) in [5.74, 6) is 0.997. The Hall–Kier alpha value is -1.42. The predicted octanol–water partition coefficient (Wildman–Crippen LogP) is 2.25. The zero-order valence-electron chi connectivity index (χ0n) is 9.31. The SMILES string of the molecule is CCn1ccnc1Cc1cc(C)nc(Cl)n1. The highest BCUT2D eigenvalue weighted by molar-refractivity contribution is 6.28. The Morgan fingerprint density at radius 2 is 2.19 bits per heavy atom. The lowest BCUT2D eigenvalue weighted by molar-refractivity contribution is 0.707. The molecule has 2 heterocycles. The Bertz CT molecular complexity index is 472. The third kappa shape index (κ3) is 2.39. The van der Waals surface area contributed by atoms with E-state index in [1.54, 1.807) is 6.20 Å². The largest absolute Gasteiger partial charge is 0.335 e. The van der Waals surface area contributed by atoms with Gasteiger partial charge in [-0.3, -0.25) is 0 Å². The number of rotatable bonds is 3. The van der Waals surface area contributed by atoms with Gasteiger partial charge < -0.3 is 4.57 Å². The van der Waals surface area contributed by atoms with Crippen molar-refractivity contribution < 1.29 is 0 Å². The lowest BCUT2D eigenvalue weighted by atomic mass is 10.2. The van der Waals surface area contributed by atoms with Crippen molar-refractivity contribution in [2.75, 3.05) is 0 Å². The topological polar surface area (TPSA) is 43.6 Å². The van der Waals surface area contributed by atoms with Gasteiger partial charge in [0.05, 0.1) is 5.69 Å². The van der Waals surface area contributed by atoms with E-state index in [0.717, 1.165) is 23.8 Å². The molecule has 0 spiro atoms. The van der Waals surface area contributed by atoms with Crippen LogP contribution in [0.5, 0.6) is 0 Å². The first-order valence-corrected chi connectivity index (χ1v) is 5.57. The number of hydrogen-bond donors (Lipinski definition) is 0. The summed E-state index contributed by atoms with van der Waals surface area (Å²) in [6.45, 7) is 4.90. The minimum absolute atomic E-state index is 0.296. The van der Waals surface area contributed by atoms with Gasteiger partial charge in [-0.15, -0.1) is 0 Å². The van der Waals surface area contributed by atoms with Crippen LogP contribution < -0.4 is 0 Å². The van der Waals surface area contributed by atoms with Crippen molar-refractivity contribution in [2.24, 2.45) is 0 Å². The fourth-order valence-corrected chi connectivity index (χ4v) is 1.88. The number of aryl methyl sites for hydroxylation is 2. The van der Waals surface area contributed by atoms with Gasteiger partial charge in [-0.25, -0.2) is 15.0 Å². The highest BCUT2D eigenvalue weighted by Crippen LogP contribution is 2.10. The maximum absolute atomic E-state index is 5.81. The van der Waals surface area contributed by atoms with Crippen LogP contribution in [-0.4, -0.2) is 19.5 Å². The highest BCUT2D eigenvalue weighted by atomic mass is 35.5. The van der Waals surface area contributed by atoms with Gasteiger partial charge in [-0.1, -0.05) is 0 Å². The van der Waals surface area contributed by atoms with E-state index in [2.05, 4.69) is 26.4 Å². The molecule has 0 radical (unpaired) electrons. The standard InChI is InChI=1S/C11H13ClN4/c1-3-16-5-4-13-10(16)7-9-6-8(2)14-11(12)15-9/h4-6H,3,7H2,1-2H3. The van der Waals surface area contributed by atoms with Gasteiger partial charge in [-0.2, -0.15) is 0 Å². The molecule has 0 unspecified atom stereocenters. The van der Waals surface area contributed by atoms with E-state index < -0.39 is 0 Å². The second-order valence-corrected chi connectivity index (χ2v) is 3.91. The van der Waals surface area contributed by atoms with Crippen LogP contribution in [-0.2, 0) is 13.0 Å². The number of nitrogens with zero attached hydrogens (tertiary/aromatic N) is 4. The zero-order chi connectivity index (χ0) is 11.5. The van der Waals surface area contributed by atoms with Gasteiger partial charge in [0.2, 0.25) is 5.28 Å². The van der Waals surface area contributed by atoms with Crippen molar-refractivity contribution in [3.63, 3.8) is 0 Å². The summed E-state index contributed by atoms with van der Waals surface area (Å²) in [5.41, 5.74) is 1.78. The maximum atomic E-state index is 5.81. The first-order valence-electron chi connectivity index (χ1n) is 5.19. The van der Waals surface area contributed by atoms with Gasteiger partial charge in [0, 0.05) is 31.1 Å². The minimum Gasteiger partial charge on any atom is -0.335 e. The smallest absolute Gasteiger partial charge is 0.222 e. The summed E-state index contributed by atoms with van der Waals surface area (Å²) in [7, 11) is 0. The normalized spacial score (nSPS) is 10.7. The predicted molar refractivity (Wildman–Crippen MR) is 62.5 cm³/mol. The van der Waals surface area contributed by atoms with Crippen molar-refractivity contribution in [1.82, 2.24) is 19.5 Å². The van der Waals surface area contributed by atoms with E-state index in [0.29, 0.717) is 11.7 Å². The van der Waals surface area contributed by atoms with E-state index in [4.69, 9.17) is 11.6 Å². The average molecular weight is 237 g/mol. The molecule has 5 heteroatoms. The van der Waals surface area contributed by atoms with Crippen molar-refractivity contribution in [3.8, 4) is 0 Å². The molecule has 0 aliphatic heterocycles. The molecule has 0 amide bonds. The molecule has 2 rings (SSSR count). The number of hydrogen-bond acceptors (Lipinski definition) is 3. The molecule has 0 aromatic carbocycles. The monoisotopic (exact) mass is 236 g/mol. The summed E-state index contributed by atoms with van der Waals surface area (Å²) in [6.07, 6.45) is 4.45. The highest BCUT2D eigenvalue weighted by Gasteiger charge is 2.06. The molecule has 0 saturated carbocycles. The zero-order valence-corrected chi connectivity index (χ0v) is 10.1. The van der Waals surface area contributed by atoms with E-state index in [1.807, 2.05) is 19.2 Å². The molecule has 84 valence electrons. The third-order valence-electron chi connectivity index (χ3n) is 2.36. The third-order valence-corrected chi connectivity index (χ3v) is 2.53. The lowest BCUT2D eigenvalue weighted by Gasteiger charge is -2.05. The lowest BCUT2D eigenvalue weighted by Crippen LogP contribution is -2.04. The Labute approximate surface area is 99.3 Å². The molecule has 2 aromatic rings. The van der Waals surface area contributed by atoms with E-state index >= 15 is 0 Å². The Morgan fingerprint density at radius 3 is 2.88 bits per heavy atom. The van der Waals surface area contributed by atoms with Crippen LogP contribution in [0.15, 0.2) is 18.5 Å². The first-order chi connectivity index (χ1) is 7.69. The molecule has 4 nitrogen and oxygen atoms in total. The molecule has 0 atom stereocenters. The van der Waals surface area contributed by atoms with Crippen LogP contribution >= 0.6 is 11.6 Å². The van der Waals surface area contributed by atoms with Gasteiger partial charge in [-0.05, 0) is 31.5 Å². The Morgan fingerprint density at radius 1 is 1.38 bits per heavy atom. The Kier molecular flexibility index (Phi) is 3.19. The molecule has 0 fully saturated rings. The van der Waals surface area contributed by atoms with E-state index in [9.17, 15) is 0 Å². The minimum atomic E-state index is 0.296. The maximum Gasteiger partial charge on any atom is 0.222 e. The van der Waals surface area contributed by atoms with Gasteiger partial charge in [0.15, 0.2) is 0 Å². The number of halogens is 1. The summed E-state index contributed by atoms with van der Waals surface area (Å²) in [4.78, 5) is 12.5. The van der Waals surface area contributed by atoms with Crippen LogP contribution in [0, 0.1) is 6.92 Å². The van der Waals surface area contributed by atoms with E-state index in [1.165, 1.54) is 0 Å². The van der Waals surface area contributed by atoms with Crippen LogP contribution in [0.25, 0.3) is 0 Å². The summed E-state index contributed by atoms with van der Waals surface area (Å²) < 4.78 is 2.09. The second kappa shape index (κ2) is 4.61. The fourth-order valence-electron chi connectivity index (χ4n) is 1.64. The van der Waals surface area contributed by atoms with Crippen LogP contribution in [0.1, 0.15) is 24.1 Å². The molecule has 0 bridgehead atoms. The van der Waals surface area contributed by atoms with E-state index in [-0.39, 0.29) is 0 Å². The molecule has 16 heavy (non-hydrogen) atoms. The molecule has 0 aliphatic carbocycles.